The second-order valence-corrected chi connectivity index (χ2v) is 8.72. The number of hydrogen-bond acceptors (Lipinski definition) is 6. The maximum atomic E-state index is 12.5. The van der Waals surface area contributed by atoms with Crippen LogP contribution in [0.2, 0.25) is 0 Å². The molecule has 0 saturated heterocycles. The van der Waals surface area contributed by atoms with Gasteiger partial charge in [-0.2, -0.15) is 0 Å². The van der Waals surface area contributed by atoms with Gasteiger partial charge in [-0.1, -0.05) is 32.6 Å². The zero-order valence-corrected chi connectivity index (χ0v) is 18.7. The number of ether oxygens (including phenoxy) is 2. The molecule has 1 aromatic rings. The van der Waals surface area contributed by atoms with Crippen LogP contribution in [0.3, 0.4) is 0 Å². The van der Waals surface area contributed by atoms with Gasteiger partial charge in [0.05, 0.1) is 12.2 Å². The molecule has 0 aliphatic carbocycles. The van der Waals surface area contributed by atoms with E-state index in [4.69, 9.17) is 9.47 Å². The minimum absolute atomic E-state index is 0.168. The van der Waals surface area contributed by atoms with Gasteiger partial charge in [-0.15, -0.1) is 11.3 Å². The summed E-state index contributed by atoms with van der Waals surface area (Å²) in [6, 6.07) is 0. The number of esters is 2. The average molecular weight is 412 g/mol. The number of carbonyl (C=O) groups is 3. The summed E-state index contributed by atoms with van der Waals surface area (Å²) >= 11 is 1.06. The number of nitrogens with one attached hydrogen (secondary N) is 1. The van der Waals surface area contributed by atoms with E-state index in [1.165, 1.54) is 0 Å². The van der Waals surface area contributed by atoms with Crippen molar-refractivity contribution in [3.8, 4) is 0 Å². The molecule has 0 saturated carbocycles. The monoisotopic (exact) mass is 411 g/mol. The van der Waals surface area contributed by atoms with Crippen molar-refractivity contribution in [2.75, 3.05) is 11.9 Å². The summed E-state index contributed by atoms with van der Waals surface area (Å²) in [7, 11) is 0. The fourth-order valence-corrected chi connectivity index (χ4v) is 3.74. The van der Waals surface area contributed by atoms with Gasteiger partial charge in [-0.05, 0) is 46.6 Å². The van der Waals surface area contributed by atoms with Crippen LogP contribution in [-0.2, 0) is 14.3 Å². The Kier molecular flexibility index (Phi) is 9.65. The van der Waals surface area contributed by atoms with E-state index < -0.39 is 17.5 Å². The van der Waals surface area contributed by atoms with Crippen molar-refractivity contribution in [3.05, 3.63) is 16.0 Å². The molecule has 0 aromatic carbocycles. The lowest BCUT2D eigenvalue weighted by Crippen LogP contribution is -2.23. The van der Waals surface area contributed by atoms with Crippen LogP contribution in [0, 0.1) is 6.92 Å². The molecular formula is C21H33NO5S. The highest BCUT2D eigenvalue weighted by molar-refractivity contribution is 7.18. The fourth-order valence-electron chi connectivity index (χ4n) is 2.65. The number of thiophene rings is 1. The standard InChI is InChI=1S/C21H33NO5S/c1-7-9-10-11-12-13-15(23)22-18-16(19(24)26-8-2)14(3)17(28-18)20(25)27-21(4,5)6/h7-13H2,1-6H3,(H,22,23). The van der Waals surface area contributed by atoms with E-state index in [1.807, 2.05) is 0 Å². The van der Waals surface area contributed by atoms with Crippen molar-refractivity contribution < 1.29 is 23.9 Å². The number of unbranched alkanes of at least 4 members (excludes halogenated alkanes) is 4. The highest BCUT2D eigenvalue weighted by Crippen LogP contribution is 2.35. The molecule has 1 rings (SSSR count). The zero-order valence-electron chi connectivity index (χ0n) is 17.9. The molecular weight excluding hydrogens is 378 g/mol. The predicted molar refractivity (Wildman–Crippen MR) is 112 cm³/mol. The predicted octanol–water partition coefficient (Wildman–Crippen LogP) is 5.49. The summed E-state index contributed by atoms with van der Waals surface area (Å²) in [6.07, 6.45) is 5.60. The van der Waals surface area contributed by atoms with Crippen molar-refractivity contribution in [2.45, 2.75) is 85.7 Å². The molecule has 1 aromatic heterocycles. The summed E-state index contributed by atoms with van der Waals surface area (Å²) in [4.78, 5) is 37.5. The average Bonchev–Trinajstić information content (AvgIpc) is 2.89. The maximum absolute atomic E-state index is 12.5. The number of hydrogen-bond donors (Lipinski definition) is 1. The molecule has 0 bridgehead atoms. The van der Waals surface area contributed by atoms with Crippen molar-refractivity contribution in [1.29, 1.82) is 0 Å². The van der Waals surface area contributed by atoms with Crippen LogP contribution in [0.4, 0.5) is 5.00 Å². The molecule has 28 heavy (non-hydrogen) atoms. The zero-order chi connectivity index (χ0) is 21.3. The maximum Gasteiger partial charge on any atom is 0.349 e. The van der Waals surface area contributed by atoms with Crippen LogP contribution in [0.25, 0.3) is 0 Å². The Morgan fingerprint density at radius 1 is 1.00 bits per heavy atom. The third-order valence-corrected chi connectivity index (χ3v) is 5.16. The first-order valence-corrected chi connectivity index (χ1v) is 10.8. The molecule has 0 aliphatic heterocycles. The summed E-state index contributed by atoms with van der Waals surface area (Å²) in [5, 5.41) is 3.13. The molecule has 1 heterocycles. The summed E-state index contributed by atoms with van der Waals surface area (Å²) in [6.45, 7) is 11.1. The SMILES string of the molecule is CCCCCCCC(=O)Nc1sc(C(=O)OC(C)(C)C)c(C)c1C(=O)OCC. The van der Waals surface area contributed by atoms with Crippen LogP contribution in [0.15, 0.2) is 0 Å². The van der Waals surface area contributed by atoms with E-state index in [1.54, 1.807) is 34.6 Å². The lowest BCUT2D eigenvalue weighted by atomic mass is 10.1. The normalized spacial score (nSPS) is 11.2. The number of rotatable bonds is 10. The van der Waals surface area contributed by atoms with E-state index in [0.717, 1.165) is 43.4 Å². The molecule has 0 unspecified atom stereocenters. The highest BCUT2D eigenvalue weighted by Gasteiger charge is 2.29. The lowest BCUT2D eigenvalue weighted by molar-refractivity contribution is -0.116. The van der Waals surface area contributed by atoms with Crippen LogP contribution in [-0.4, -0.2) is 30.1 Å². The Bertz CT molecular complexity index is 688. The topological polar surface area (TPSA) is 81.7 Å². The van der Waals surface area contributed by atoms with Gasteiger partial charge in [-0.3, -0.25) is 4.79 Å². The van der Waals surface area contributed by atoms with E-state index in [0.29, 0.717) is 21.9 Å². The smallest absolute Gasteiger partial charge is 0.349 e. The molecule has 6 nitrogen and oxygen atoms in total. The van der Waals surface area contributed by atoms with Gasteiger partial charge in [0.15, 0.2) is 0 Å². The van der Waals surface area contributed by atoms with Crippen molar-refractivity contribution in [2.24, 2.45) is 0 Å². The molecule has 0 spiro atoms. The van der Waals surface area contributed by atoms with Gasteiger partial charge < -0.3 is 14.8 Å². The summed E-state index contributed by atoms with van der Waals surface area (Å²) in [5.41, 5.74) is 0.0439. The molecule has 0 fully saturated rings. The van der Waals surface area contributed by atoms with Crippen LogP contribution < -0.4 is 5.32 Å². The molecule has 7 heteroatoms. The molecule has 0 aliphatic rings. The van der Waals surface area contributed by atoms with Gasteiger partial charge in [0.25, 0.3) is 0 Å². The first kappa shape index (κ1) is 24.1. The van der Waals surface area contributed by atoms with Gasteiger partial charge in [0.2, 0.25) is 5.91 Å². The number of amides is 1. The highest BCUT2D eigenvalue weighted by atomic mass is 32.1. The third kappa shape index (κ3) is 7.62. The minimum Gasteiger partial charge on any atom is -0.462 e. The summed E-state index contributed by atoms with van der Waals surface area (Å²) < 4.78 is 10.5. The fraction of sp³-hybridized carbons (Fsp3) is 0.667. The van der Waals surface area contributed by atoms with Gasteiger partial charge in [-0.25, -0.2) is 9.59 Å². The second-order valence-electron chi connectivity index (χ2n) is 7.70. The van der Waals surface area contributed by atoms with E-state index >= 15 is 0 Å². The Morgan fingerprint density at radius 3 is 2.21 bits per heavy atom. The molecule has 158 valence electrons. The van der Waals surface area contributed by atoms with Crippen LogP contribution in [0.1, 0.15) is 98.7 Å². The Hall–Kier alpha value is -1.89. The minimum atomic E-state index is -0.653. The summed E-state index contributed by atoms with van der Waals surface area (Å²) in [5.74, 6) is -1.23. The Balaban J connectivity index is 2.98. The number of carbonyl (C=O) groups excluding carboxylic acids is 3. The molecule has 0 radical (unpaired) electrons. The van der Waals surface area contributed by atoms with Crippen molar-refractivity contribution >= 4 is 34.2 Å². The van der Waals surface area contributed by atoms with E-state index in [-0.39, 0.29) is 18.1 Å². The third-order valence-electron chi connectivity index (χ3n) is 3.97. The molecule has 1 amide bonds. The first-order chi connectivity index (χ1) is 13.1. The first-order valence-electron chi connectivity index (χ1n) is 9.94. The van der Waals surface area contributed by atoms with Crippen molar-refractivity contribution in [1.82, 2.24) is 0 Å². The van der Waals surface area contributed by atoms with E-state index in [9.17, 15) is 14.4 Å². The van der Waals surface area contributed by atoms with Gasteiger partial charge in [0, 0.05) is 6.42 Å². The Labute approximate surface area is 172 Å². The second kappa shape index (κ2) is 11.2. The van der Waals surface area contributed by atoms with Crippen LogP contribution in [0.5, 0.6) is 0 Å². The lowest BCUT2D eigenvalue weighted by Gasteiger charge is -2.19. The van der Waals surface area contributed by atoms with E-state index in [2.05, 4.69) is 12.2 Å². The molecule has 0 atom stereocenters. The number of anilines is 1. The largest absolute Gasteiger partial charge is 0.462 e. The molecule has 1 N–H and O–H groups in total. The Morgan fingerprint density at radius 2 is 1.64 bits per heavy atom. The van der Waals surface area contributed by atoms with Gasteiger partial charge >= 0.3 is 11.9 Å². The van der Waals surface area contributed by atoms with Crippen molar-refractivity contribution in [3.63, 3.8) is 0 Å². The van der Waals surface area contributed by atoms with Crippen LogP contribution >= 0.6 is 11.3 Å². The van der Waals surface area contributed by atoms with Gasteiger partial charge in [0.1, 0.15) is 15.5 Å². The quantitative estimate of drug-likeness (QED) is 0.407.